The number of benzene rings is 3. The molecular weight excluding hydrogens is 597 g/mol. The van der Waals surface area contributed by atoms with Crippen LogP contribution in [0.5, 0.6) is 0 Å². The van der Waals surface area contributed by atoms with E-state index in [4.69, 9.17) is 4.74 Å². The molecule has 0 spiro atoms. The van der Waals surface area contributed by atoms with Crippen molar-refractivity contribution in [1.29, 1.82) is 0 Å². The molecule has 1 saturated heterocycles. The zero-order valence-corrected chi connectivity index (χ0v) is 27.1. The minimum atomic E-state index is -0.533. The average molecular weight is 640 g/mol. The smallest absolute Gasteiger partial charge is 0.333 e. The van der Waals surface area contributed by atoms with Crippen LogP contribution in [0.1, 0.15) is 62.0 Å². The van der Waals surface area contributed by atoms with Crippen LogP contribution in [-0.2, 0) is 19.1 Å². The van der Waals surface area contributed by atoms with E-state index in [0.29, 0.717) is 37.3 Å². The number of nitrogens with one attached hydrogen (secondary N) is 3. The van der Waals surface area contributed by atoms with E-state index in [1.807, 2.05) is 62.4 Å². The van der Waals surface area contributed by atoms with Gasteiger partial charge in [-0.05, 0) is 68.1 Å². The zero-order chi connectivity index (χ0) is 33.8. The summed E-state index contributed by atoms with van der Waals surface area (Å²) < 4.78 is 17.2. The molecule has 4 aromatic rings. The van der Waals surface area contributed by atoms with Crippen molar-refractivity contribution in [2.75, 3.05) is 13.2 Å². The molecular formula is C38H42FN3O5. The van der Waals surface area contributed by atoms with Crippen LogP contribution in [-0.4, -0.2) is 47.7 Å². The third-order valence-corrected chi connectivity index (χ3v) is 7.90. The van der Waals surface area contributed by atoms with Crippen LogP contribution in [0, 0.1) is 18.7 Å². The van der Waals surface area contributed by atoms with Crippen molar-refractivity contribution in [3.8, 4) is 11.3 Å². The maximum atomic E-state index is 12.9. The van der Waals surface area contributed by atoms with Gasteiger partial charge in [-0.3, -0.25) is 14.4 Å². The second-order valence-electron chi connectivity index (χ2n) is 11.7. The molecule has 1 fully saturated rings. The molecule has 1 aliphatic rings. The summed E-state index contributed by atoms with van der Waals surface area (Å²) >= 11 is 0. The van der Waals surface area contributed by atoms with Gasteiger partial charge < -0.3 is 20.4 Å². The third kappa shape index (κ3) is 10.2. The van der Waals surface area contributed by atoms with E-state index in [-0.39, 0.29) is 42.2 Å². The lowest BCUT2D eigenvalue weighted by Crippen LogP contribution is -2.39. The monoisotopic (exact) mass is 639 g/mol. The second kappa shape index (κ2) is 17.0. The summed E-state index contributed by atoms with van der Waals surface area (Å²) in [5, 5.41) is 7.89. The first-order chi connectivity index (χ1) is 22.6. The van der Waals surface area contributed by atoms with E-state index < -0.39 is 12.0 Å². The minimum Gasteiger partial charge on any atom is -0.462 e. The van der Waals surface area contributed by atoms with Gasteiger partial charge in [0, 0.05) is 48.2 Å². The maximum absolute atomic E-state index is 12.9. The Morgan fingerprint density at radius 3 is 2.45 bits per heavy atom. The Hall–Kier alpha value is -5.05. The molecule has 2 unspecified atom stereocenters. The predicted octanol–water partition coefficient (Wildman–Crippen LogP) is 6.84. The first-order valence-corrected chi connectivity index (χ1v) is 16.0. The summed E-state index contributed by atoms with van der Waals surface area (Å²) in [5.74, 6) is -1.55. The minimum absolute atomic E-state index is 0.0128. The quantitative estimate of drug-likeness (QED) is 0.0944. The Labute approximate surface area is 274 Å². The van der Waals surface area contributed by atoms with Crippen molar-refractivity contribution >= 4 is 34.3 Å². The number of ketones is 1. The Kier molecular flexibility index (Phi) is 12.6. The van der Waals surface area contributed by atoms with Crippen molar-refractivity contribution < 1.29 is 28.3 Å². The number of esters is 1. The molecule has 0 bridgehead atoms. The molecule has 2 amide bonds. The fraction of sp³-hybridized carbons (Fsp3) is 0.316. The highest BCUT2D eigenvalue weighted by Gasteiger charge is 2.23. The van der Waals surface area contributed by atoms with Crippen molar-refractivity contribution in [3.63, 3.8) is 0 Å². The largest absolute Gasteiger partial charge is 0.462 e. The third-order valence-electron chi connectivity index (χ3n) is 7.90. The molecule has 1 aliphatic heterocycles. The fourth-order valence-corrected chi connectivity index (χ4v) is 5.37. The molecule has 8 nitrogen and oxygen atoms in total. The maximum Gasteiger partial charge on any atom is 0.333 e. The molecule has 2 atom stereocenters. The molecule has 1 aromatic heterocycles. The average Bonchev–Trinajstić information content (AvgIpc) is 3.56. The number of rotatable bonds is 11. The number of carbonyl (C=O) groups excluding carboxylic acids is 4. The number of ether oxygens (including phenoxy) is 1. The SMILES string of the molecule is CCNC(=O)C(C)CC(/C=C1\CCCOC1=O)NC(=O)CCC(=O)c1ccc(-c2cccc3ccccc23)[nH]1.Cc1ccc(F)cc1. The van der Waals surface area contributed by atoms with E-state index >= 15 is 0 Å². The molecule has 47 heavy (non-hydrogen) atoms. The van der Waals surface area contributed by atoms with Crippen molar-refractivity contribution in [1.82, 2.24) is 15.6 Å². The molecule has 246 valence electrons. The van der Waals surface area contributed by atoms with Gasteiger partial charge >= 0.3 is 5.97 Å². The second-order valence-corrected chi connectivity index (χ2v) is 11.7. The van der Waals surface area contributed by atoms with Gasteiger partial charge in [-0.1, -0.05) is 73.2 Å². The van der Waals surface area contributed by atoms with Crippen LogP contribution in [0.3, 0.4) is 0 Å². The number of hydrogen-bond donors (Lipinski definition) is 3. The molecule has 9 heteroatoms. The first-order valence-electron chi connectivity index (χ1n) is 16.0. The molecule has 2 heterocycles. The van der Waals surface area contributed by atoms with Crippen molar-refractivity contribution in [2.24, 2.45) is 5.92 Å². The van der Waals surface area contributed by atoms with Gasteiger partial charge in [0.15, 0.2) is 5.78 Å². The van der Waals surface area contributed by atoms with E-state index in [9.17, 15) is 23.6 Å². The van der Waals surface area contributed by atoms with Gasteiger partial charge in [0.1, 0.15) is 5.82 Å². The van der Waals surface area contributed by atoms with Crippen LogP contribution in [0.15, 0.2) is 90.5 Å². The van der Waals surface area contributed by atoms with E-state index in [0.717, 1.165) is 34.0 Å². The summed E-state index contributed by atoms with van der Waals surface area (Å²) in [7, 11) is 0. The number of H-pyrrole nitrogens is 1. The number of fused-ring (bicyclic) bond motifs is 1. The Morgan fingerprint density at radius 2 is 1.72 bits per heavy atom. The summed E-state index contributed by atoms with van der Waals surface area (Å²) in [6, 6.07) is 23.6. The number of carbonyl (C=O) groups is 4. The topological polar surface area (TPSA) is 117 Å². The standard InChI is InChI=1S/C31H35N3O5.C7H7F/c1-3-32-30(37)20(2)18-23(19-22-10-7-17-39-31(22)38)33-29(36)16-15-28(35)27-14-13-26(34-27)25-12-6-9-21-8-4-5-11-24(21)25;1-6-2-4-7(8)5-3-6/h4-6,8-9,11-14,19-20,23,34H,3,7,10,15-18H2,1-2H3,(H,32,37)(H,33,36);2-5H,1H3/b22-19+;. The van der Waals surface area contributed by atoms with Gasteiger partial charge in [-0.2, -0.15) is 0 Å². The van der Waals surface area contributed by atoms with Gasteiger partial charge in [0.2, 0.25) is 11.8 Å². The van der Waals surface area contributed by atoms with E-state index in [2.05, 4.69) is 15.6 Å². The van der Waals surface area contributed by atoms with Crippen LogP contribution in [0.2, 0.25) is 0 Å². The highest BCUT2D eigenvalue weighted by molar-refractivity contribution is 5.99. The number of Topliss-reactive ketones (excluding diaryl/α,β-unsaturated/α-hetero) is 1. The number of cyclic esters (lactones) is 1. The van der Waals surface area contributed by atoms with E-state index in [1.54, 1.807) is 31.2 Å². The summed E-state index contributed by atoms with van der Waals surface area (Å²) in [4.78, 5) is 53.4. The number of aromatic nitrogens is 1. The number of amides is 2. The number of hydrogen-bond acceptors (Lipinski definition) is 5. The normalized spacial score (nSPS) is 14.8. The first kappa shape index (κ1) is 34.8. The fourth-order valence-electron chi connectivity index (χ4n) is 5.37. The van der Waals surface area contributed by atoms with E-state index in [1.165, 1.54) is 12.1 Å². The van der Waals surface area contributed by atoms with Crippen LogP contribution >= 0.6 is 0 Å². The Balaban J connectivity index is 0.000000546. The zero-order valence-electron chi connectivity index (χ0n) is 27.1. The highest BCUT2D eigenvalue weighted by Crippen LogP contribution is 2.28. The summed E-state index contributed by atoms with van der Waals surface area (Å²) in [6.45, 7) is 6.45. The van der Waals surface area contributed by atoms with Crippen LogP contribution in [0.4, 0.5) is 4.39 Å². The number of halogens is 1. The van der Waals surface area contributed by atoms with Gasteiger partial charge in [0.25, 0.3) is 0 Å². The summed E-state index contributed by atoms with van der Waals surface area (Å²) in [5.41, 5.74) is 3.87. The van der Waals surface area contributed by atoms with Gasteiger partial charge in [-0.15, -0.1) is 0 Å². The lowest BCUT2D eigenvalue weighted by atomic mass is 9.96. The number of aryl methyl sites for hydroxylation is 1. The lowest BCUT2D eigenvalue weighted by Gasteiger charge is -2.22. The van der Waals surface area contributed by atoms with Crippen LogP contribution < -0.4 is 10.6 Å². The molecule has 3 aromatic carbocycles. The van der Waals surface area contributed by atoms with Crippen molar-refractivity contribution in [2.45, 2.75) is 58.9 Å². The molecule has 0 aliphatic carbocycles. The number of aromatic amines is 1. The molecule has 5 rings (SSSR count). The molecule has 0 saturated carbocycles. The molecule has 3 N–H and O–H groups in total. The Bertz CT molecular complexity index is 1700. The van der Waals surface area contributed by atoms with Crippen molar-refractivity contribution in [3.05, 3.63) is 108 Å². The lowest BCUT2D eigenvalue weighted by molar-refractivity contribution is -0.141. The highest BCUT2D eigenvalue weighted by atomic mass is 19.1. The predicted molar refractivity (Wildman–Crippen MR) is 181 cm³/mol. The molecule has 0 radical (unpaired) electrons. The van der Waals surface area contributed by atoms with Gasteiger partial charge in [0.05, 0.1) is 12.3 Å². The van der Waals surface area contributed by atoms with Gasteiger partial charge in [-0.25, -0.2) is 9.18 Å². The Morgan fingerprint density at radius 1 is 0.979 bits per heavy atom. The van der Waals surface area contributed by atoms with Crippen LogP contribution in [0.25, 0.3) is 22.0 Å². The summed E-state index contributed by atoms with van der Waals surface area (Å²) in [6.07, 6.45) is 3.31.